The van der Waals surface area contributed by atoms with E-state index in [4.69, 9.17) is 9.47 Å². The summed E-state index contributed by atoms with van der Waals surface area (Å²) in [5, 5.41) is 3.73. The SMILES string of the molecule is C/C=C/COc1cc(C)c(OCCCCCCCCSC/C=N/OC)c(C)c1. The Morgan fingerprint density at radius 3 is 2.32 bits per heavy atom. The van der Waals surface area contributed by atoms with Gasteiger partial charge in [-0.2, -0.15) is 11.8 Å². The fourth-order valence-corrected chi connectivity index (χ4v) is 3.63. The molecule has 0 amide bonds. The molecule has 0 aromatic heterocycles. The smallest absolute Gasteiger partial charge is 0.125 e. The number of oxime groups is 1. The van der Waals surface area contributed by atoms with E-state index in [1.807, 2.05) is 37.1 Å². The number of hydrogen-bond acceptors (Lipinski definition) is 5. The Labute approximate surface area is 175 Å². The lowest BCUT2D eigenvalue weighted by molar-refractivity contribution is 0.215. The zero-order chi connectivity index (χ0) is 20.5. The number of benzene rings is 1. The number of rotatable bonds is 16. The number of ether oxygens (including phenoxy) is 2. The van der Waals surface area contributed by atoms with Gasteiger partial charge in [-0.3, -0.25) is 0 Å². The highest BCUT2D eigenvalue weighted by atomic mass is 32.2. The molecule has 1 aromatic rings. The molecule has 0 bridgehead atoms. The van der Waals surface area contributed by atoms with Crippen LogP contribution in [0.25, 0.3) is 0 Å². The molecule has 5 heteroatoms. The van der Waals surface area contributed by atoms with Gasteiger partial charge in [0.15, 0.2) is 0 Å². The topological polar surface area (TPSA) is 40.0 Å². The number of hydrogen-bond donors (Lipinski definition) is 0. The van der Waals surface area contributed by atoms with Crippen molar-refractivity contribution in [3.63, 3.8) is 0 Å². The quantitative estimate of drug-likeness (QED) is 0.139. The largest absolute Gasteiger partial charge is 0.493 e. The van der Waals surface area contributed by atoms with Crippen molar-refractivity contribution in [1.82, 2.24) is 0 Å². The number of thioether (sulfide) groups is 1. The lowest BCUT2D eigenvalue weighted by Gasteiger charge is -2.14. The van der Waals surface area contributed by atoms with Gasteiger partial charge in [0, 0.05) is 5.75 Å². The summed E-state index contributed by atoms with van der Waals surface area (Å²) in [4.78, 5) is 4.64. The molecular formula is C23H37NO3S. The van der Waals surface area contributed by atoms with E-state index in [0.29, 0.717) is 6.61 Å². The van der Waals surface area contributed by atoms with Crippen LogP contribution in [-0.4, -0.2) is 38.0 Å². The zero-order valence-electron chi connectivity index (χ0n) is 18.0. The van der Waals surface area contributed by atoms with Gasteiger partial charge in [-0.25, -0.2) is 0 Å². The highest BCUT2D eigenvalue weighted by molar-refractivity contribution is 7.99. The van der Waals surface area contributed by atoms with Crippen molar-refractivity contribution in [3.05, 3.63) is 35.4 Å². The van der Waals surface area contributed by atoms with Gasteiger partial charge in [-0.1, -0.05) is 43.0 Å². The molecule has 0 radical (unpaired) electrons. The average molecular weight is 408 g/mol. The number of unbranched alkanes of at least 4 members (excludes halogenated alkanes) is 5. The normalized spacial score (nSPS) is 11.4. The predicted molar refractivity (Wildman–Crippen MR) is 122 cm³/mol. The third kappa shape index (κ3) is 11.3. The van der Waals surface area contributed by atoms with Gasteiger partial charge in [0.25, 0.3) is 0 Å². The summed E-state index contributed by atoms with van der Waals surface area (Å²) in [5.74, 6) is 4.05. The molecule has 0 fully saturated rings. The van der Waals surface area contributed by atoms with Gasteiger partial charge in [0.1, 0.15) is 25.2 Å². The van der Waals surface area contributed by atoms with Crippen molar-refractivity contribution < 1.29 is 14.3 Å². The molecule has 0 saturated heterocycles. The Bertz CT molecular complexity index is 564. The zero-order valence-corrected chi connectivity index (χ0v) is 18.9. The minimum absolute atomic E-state index is 0.607. The van der Waals surface area contributed by atoms with Gasteiger partial charge in [0.05, 0.1) is 12.8 Å². The molecule has 0 aliphatic rings. The van der Waals surface area contributed by atoms with Gasteiger partial charge in [-0.05, 0) is 62.6 Å². The van der Waals surface area contributed by atoms with E-state index in [0.717, 1.165) is 41.4 Å². The molecule has 0 N–H and O–H groups in total. The third-order valence-electron chi connectivity index (χ3n) is 4.32. The van der Waals surface area contributed by atoms with E-state index in [2.05, 4.69) is 36.0 Å². The summed E-state index contributed by atoms with van der Waals surface area (Å²) < 4.78 is 11.8. The maximum Gasteiger partial charge on any atom is 0.125 e. The van der Waals surface area contributed by atoms with Gasteiger partial charge in [-0.15, -0.1) is 0 Å². The van der Waals surface area contributed by atoms with Crippen LogP contribution >= 0.6 is 11.8 Å². The molecule has 0 heterocycles. The number of nitrogens with zero attached hydrogens (tertiary/aromatic N) is 1. The van der Waals surface area contributed by atoms with Crippen LogP contribution in [0.2, 0.25) is 0 Å². The minimum Gasteiger partial charge on any atom is -0.493 e. The van der Waals surface area contributed by atoms with E-state index in [9.17, 15) is 0 Å². The van der Waals surface area contributed by atoms with Crippen LogP contribution in [0.1, 0.15) is 56.6 Å². The van der Waals surface area contributed by atoms with Crippen molar-refractivity contribution >= 4 is 18.0 Å². The van der Waals surface area contributed by atoms with E-state index in [1.54, 1.807) is 7.11 Å². The highest BCUT2D eigenvalue weighted by Gasteiger charge is 2.07. The second-order valence-corrected chi connectivity index (χ2v) is 7.93. The van der Waals surface area contributed by atoms with E-state index >= 15 is 0 Å². The minimum atomic E-state index is 0.607. The summed E-state index contributed by atoms with van der Waals surface area (Å²) in [5.41, 5.74) is 2.28. The maximum atomic E-state index is 6.04. The van der Waals surface area contributed by atoms with Crippen LogP contribution in [0.4, 0.5) is 0 Å². The Hall–Kier alpha value is -1.62. The van der Waals surface area contributed by atoms with E-state index in [1.165, 1.54) is 37.9 Å². The molecule has 158 valence electrons. The van der Waals surface area contributed by atoms with Gasteiger partial charge in [0.2, 0.25) is 0 Å². The van der Waals surface area contributed by atoms with Gasteiger partial charge >= 0.3 is 0 Å². The first-order chi connectivity index (χ1) is 13.7. The standard InChI is InChI=1S/C23H37NO3S/c1-5-6-14-26-22-18-20(2)23(21(3)19-22)27-15-11-9-7-8-10-12-16-28-17-13-24-25-4/h5-6,13,18-19H,7-12,14-17H2,1-4H3/b6-5+,24-13+. The molecular weight excluding hydrogens is 370 g/mol. The van der Waals surface area contributed by atoms with Crippen molar-refractivity contribution in [1.29, 1.82) is 0 Å². The summed E-state index contributed by atoms with van der Waals surface area (Å²) in [6.07, 6.45) is 13.3. The molecule has 1 aromatic carbocycles. The van der Waals surface area contributed by atoms with Crippen molar-refractivity contribution in [2.24, 2.45) is 5.16 Å². The predicted octanol–water partition coefficient (Wildman–Crippen LogP) is 6.34. The molecule has 0 aliphatic carbocycles. The van der Waals surface area contributed by atoms with Crippen molar-refractivity contribution in [2.75, 3.05) is 31.8 Å². The van der Waals surface area contributed by atoms with Crippen LogP contribution in [0, 0.1) is 13.8 Å². The van der Waals surface area contributed by atoms with Crippen molar-refractivity contribution in [2.45, 2.75) is 59.3 Å². The Morgan fingerprint density at radius 1 is 0.964 bits per heavy atom. The number of allylic oxidation sites excluding steroid dienone is 1. The number of aryl methyl sites for hydroxylation is 2. The van der Waals surface area contributed by atoms with Crippen molar-refractivity contribution in [3.8, 4) is 11.5 Å². The van der Waals surface area contributed by atoms with Crippen LogP contribution in [0.5, 0.6) is 11.5 Å². The summed E-state index contributed by atoms with van der Waals surface area (Å²) in [7, 11) is 1.58. The summed E-state index contributed by atoms with van der Waals surface area (Å²) in [6, 6.07) is 4.12. The summed E-state index contributed by atoms with van der Waals surface area (Å²) in [6.45, 7) is 7.57. The lowest BCUT2D eigenvalue weighted by Crippen LogP contribution is -2.02. The fraction of sp³-hybridized carbons (Fsp3) is 0.609. The monoisotopic (exact) mass is 407 g/mol. The Balaban J connectivity index is 2.10. The highest BCUT2D eigenvalue weighted by Crippen LogP contribution is 2.28. The van der Waals surface area contributed by atoms with Crippen LogP contribution in [0.15, 0.2) is 29.4 Å². The van der Waals surface area contributed by atoms with Crippen LogP contribution in [0.3, 0.4) is 0 Å². The second-order valence-electron chi connectivity index (χ2n) is 6.78. The van der Waals surface area contributed by atoms with Crippen LogP contribution in [-0.2, 0) is 4.84 Å². The first kappa shape index (κ1) is 24.4. The molecule has 0 unspecified atom stereocenters. The fourth-order valence-electron chi connectivity index (χ4n) is 2.89. The molecule has 28 heavy (non-hydrogen) atoms. The lowest BCUT2D eigenvalue weighted by atomic mass is 10.1. The van der Waals surface area contributed by atoms with E-state index in [-0.39, 0.29) is 0 Å². The maximum absolute atomic E-state index is 6.04. The summed E-state index contributed by atoms with van der Waals surface area (Å²) >= 11 is 1.91. The molecule has 0 aliphatic heterocycles. The molecule has 4 nitrogen and oxygen atoms in total. The molecule has 0 atom stereocenters. The first-order valence-electron chi connectivity index (χ1n) is 10.3. The molecule has 1 rings (SSSR count). The Kier molecular flexibility index (Phi) is 14.3. The third-order valence-corrected chi connectivity index (χ3v) is 5.28. The van der Waals surface area contributed by atoms with E-state index < -0.39 is 0 Å². The Morgan fingerprint density at radius 2 is 1.64 bits per heavy atom. The first-order valence-corrected chi connectivity index (χ1v) is 11.4. The van der Waals surface area contributed by atoms with Crippen LogP contribution < -0.4 is 9.47 Å². The molecule has 0 saturated carbocycles. The molecule has 0 spiro atoms. The second kappa shape index (κ2) is 16.3. The van der Waals surface area contributed by atoms with Gasteiger partial charge < -0.3 is 14.3 Å². The average Bonchev–Trinajstić information content (AvgIpc) is 2.67.